The van der Waals surface area contributed by atoms with Gasteiger partial charge in [0.25, 0.3) is 5.91 Å². The molecule has 1 aliphatic heterocycles. The summed E-state index contributed by atoms with van der Waals surface area (Å²) in [5.74, 6) is -0.651. The summed E-state index contributed by atoms with van der Waals surface area (Å²) in [6.45, 7) is 7.12. The Bertz CT molecular complexity index is 1000. The molecule has 1 saturated heterocycles. The number of amides is 1. The lowest BCUT2D eigenvalue weighted by atomic mass is 10.1. The molecule has 1 N–H and O–H groups in total. The Morgan fingerprint density at radius 1 is 1.36 bits per heavy atom. The third kappa shape index (κ3) is 3.81. The van der Waals surface area contributed by atoms with Gasteiger partial charge in [-0.2, -0.15) is 5.10 Å². The van der Waals surface area contributed by atoms with Crippen LogP contribution in [0.5, 0.6) is 0 Å². The van der Waals surface area contributed by atoms with Crippen molar-refractivity contribution in [1.82, 2.24) is 19.7 Å². The van der Waals surface area contributed by atoms with Gasteiger partial charge in [-0.3, -0.25) is 9.48 Å². The third-order valence-electron chi connectivity index (χ3n) is 5.03. The lowest BCUT2D eigenvalue weighted by Crippen LogP contribution is -2.39. The van der Waals surface area contributed by atoms with Gasteiger partial charge in [0.15, 0.2) is 5.79 Å². The standard InChI is InChI=1S/C21H26N4O3/c1-14-9-17(24(4)23-14)11-25(12-18-13-27-21(2,3)28-18)20(26)16-5-6-19-15(10-16)7-8-22-19/h5-10,18,22H,11-13H2,1-4H3. The van der Waals surface area contributed by atoms with Gasteiger partial charge in [-0.15, -0.1) is 0 Å². The van der Waals surface area contributed by atoms with E-state index < -0.39 is 5.79 Å². The van der Waals surface area contributed by atoms with Gasteiger partial charge >= 0.3 is 0 Å². The van der Waals surface area contributed by atoms with E-state index in [9.17, 15) is 4.79 Å². The Morgan fingerprint density at radius 2 is 2.18 bits per heavy atom. The summed E-state index contributed by atoms with van der Waals surface area (Å²) < 4.78 is 13.5. The molecule has 1 amide bonds. The van der Waals surface area contributed by atoms with Gasteiger partial charge < -0.3 is 19.4 Å². The smallest absolute Gasteiger partial charge is 0.254 e. The number of H-pyrrole nitrogens is 1. The number of nitrogens with one attached hydrogen (secondary N) is 1. The van der Waals surface area contributed by atoms with E-state index in [4.69, 9.17) is 9.47 Å². The normalized spacial score (nSPS) is 18.6. The highest BCUT2D eigenvalue weighted by Crippen LogP contribution is 2.24. The largest absolute Gasteiger partial charge is 0.361 e. The van der Waals surface area contributed by atoms with Crippen LogP contribution in [0.1, 0.15) is 35.6 Å². The Labute approximate surface area is 164 Å². The van der Waals surface area contributed by atoms with E-state index in [1.54, 1.807) is 0 Å². The summed E-state index contributed by atoms with van der Waals surface area (Å²) in [4.78, 5) is 18.4. The maximum atomic E-state index is 13.4. The van der Waals surface area contributed by atoms with Gasteiger partial charge in [-0.05, 0) is 51.1 Å². The molecule has 1 unspecified atom stereocenters. The number of nitrogens with zero attached hydrogens (tertiary/aromatic N) is 3. The van der Waals surface area contributed by atoms with E-state index in [-0.39, 0.29) is 12.0 Å². The van der Waals surface area contributed by atoms with Crippen LogP contribution in [0.25, 0.3) is 10.9 Å². The van der Waals surface area contributed by atoms with Crippen molar-refractivity contribution >= 4 is 16.8 Å². The molecule has 1 aliphatic rings. The van der Waals surface area contributed by atoms with Gasteiger partial charge in [0.05, 0.1) is 31.1 Å². The molecule has 2 aromatic heterocycles. The van der Waals surface area contributed by atoms with Crippen molar-refractivity contribution in [3.63, 3.8) is 0 Å². The SMILES string of the molecule is Cc1cc(CN(CC2COC(C)(C)O2)C(=O)c2ccc3[nH]ccc3c2)n(C)n1. The lowest BCUT2D eigenvalue weighted by Gasteiger charge is -2.26. The highest BCUT2D eigenvalue weighted by atomic mass is 16.7. The first-order chi connectivity index (χ1) is 13.3. The molecular weight excluding hydrogens is 356 g/mol. The summed E-state index contributed by atoms with van der Waals surface area (Å²) in [5.41, 5.74) is 3.58. The van der Waals surface area contributed by atoms with Crippen molar-refractivity contribution in [3.05, 3.63) is 53.5 Å². The maximum absolute atomic E-state index is 13.4. The van der Waals surface area contributed by atoms with Gasteiger partial charge in [0, 0.05) is 29.7 Å². The Hall–Kier alpha value is -2.64. The number of aromatic amines is 1. The van der Waals surface area contributed by atoms with Gasteiger partial charge in [-0.1, -0.05) is 0 Å². The molecule has 0 bridgehead atoms. The van der Waals surface area contributed by atoms with Crippen molar-refractivity contribution in [2.24, 2.45) is 7.05 Å². The molecule has 0 spiro atoms. The van der Waals surface area contributed by atoms with Crippen LogP contribution in [0.4, 0.5) is 0 Å². The number of ether oxygens (including phenoxy) is 2. The zero-order chi connectivity index (χ0) is 19.9. The van der Waals surface area contributed by atoms with Crippen molar-refractivity contribution in [2.45, 2.75) is 39.2 Å². The maximum Gasteiger partial charge on any atom is 0.254 e. The molecule has 0 radical (unpaired) electrons. The summed E-state index contributed by atoms with van der Waals surface area (Å²) in [5, 5.41) is 5.42. The predicted molar refractivity (Wildman–Crippen MR) is 106 cm³/mol. The lowest BCUT2D eigenvalue weighted by molar-refractivity contribution is -0.139. The van der Waals surface area contributed by atoms with Crippen LogP contribution < -0.4 is 0 Å². The zero-order valence-electron chi connectivity index (χ0n) is 16.7. The Kier molecular flexibility index (Phi) is 4.72. The van der Waals surface area contributed by atoms with Crippen LogP contribution in [0.3, 0.4) is 0 Å². The second kappa shape index (κ2) is 7.07. The van der Waals surface area contributed by atoms with E-state index in [0.717, 1.165) is 22.3 Å². The molecule has 7 nitrogen and oxygen atoms in total. The summed E-state index contributed by atoms with van der Waals surface area (Å²) in [6, 6.07) is 9.69. The summed E-state index contributed by atoms with van der Waals surface area (Å²) in [6.07, 6.45) is 1.71. The minimum absolute atomic E-state index is 0.0322. The molecule has 1 fully saturated rings. The van der Waals surface area contributed by atoms with Crippen LogP contribution in [-0.4, -0.2) is 50.6 Å². The number of aromatic nitrogens is 3. The van der Waals surface area contributed by atoms with E-state index in [1.807, 2.05) is 73.9 Å². The number of hydrogen-bond donors (Lipinski definition) is 1. The molecule has 0 aliphatic carbocycles. The fourth-order valence-electron chi connectivity index (χ4n) is 3.69. The monoisotopic (exact) mass is 382 g/mol. The summed E-state index contributed by atoms with van der Waals surface area (Å²) >= 11 is 0. The van der Waals surface area contributed by atoms with E-state index in [1.165, 1.54) is 0 Å². The van der Waals surface area contributed by atoms with Crippen molar-refractivity contribution in [1.29, 1.82) is 0 Å². The van der Waals surface area contributed by atoms with Crippen molar-refractivity contribution in [3.8, 4) is 0 Å². The highest BCUT2D eigenvalue weighted by Gasteiger charge is 2.35. The van der Waals surface area contributed by atoms with Crippen molar-refractivity contribution in [2.75, 3.05) is 13.2 Å². The number of benzene rings is 1. The Morgan fingerprint density at radius 3 is 2.86 bits per heavy atom. The van der Waals surface area contributed by atoms with E-state index >= 15 is 0 Å². The molecule has 1 aromatic carbocycles. The first-order valence-corrected chi connectivity index (χ1v) is 9.48. The average Bonchev–Trinajstić information content (AvgIpc) is 3.32. The van der Waals surface area contributed by atoms with Crippen LogP contribution in [-0.2, 0) is 23.1 Å². The second-order valence-electron chi connectivity index (χ2n) is 7.82. The third-order valence-corrected chi connectivity index (χ3v) is 5.03. The number of rotatable bonds is 5. The van der Waals surface area contributed by atoms with Crippen LogP contribution in [0, 0.1) is 6.92 Å². The molecule has 4 rings (SSSR count). The van der Waals surface area contributed by atoms with Gasteiger partial charge in [0.1, 0.15) is 6.10 Å². The first-order valence-electron chi connectivity index (χ1n) is 9.48. The minimum atomic E-state index is -0.619. The molecule has 1 atom stereocenters. The fraction of sp³-hybridized carbons (Fsp3) is 0.429. The van der Waals surface area contributed by atoms with E-state index in [2.05, 4.69) is 10.1 Å². The topological polar surface area (TPSA) is 72.4 Å². The first kappa shape index (κ1) is 18.7. The second-order valence-corrected chi connectivity index (χ2v) is 7.82. The van der Waals surface area contributed by atoms with Crippen LogP contribution >= 0.6 is 0 Å². The number of hydrogen-bond acceptors (Lipinski definition) is 4. The highest BCUT2D eigenvalue weighted by molar-refractivity contribution is 5.98. The molecule has 0 saturated carbocycles. The molecule has 28 heavy (non-hydrogen) atoms. The average molecular weight is 382 g/mol. The van der Waals surface area contributed by atoms with Crippen molar-refractivity contribution < 1.29 is 14.3 Å². The minimum Gasteiger partial charge on any atom is -0.361 e. The number of carbonyl (C=O) groups is 1. The van der Waals surface area contributed by atoms with Crippen LogP contribution in [0.2, 0.25) is 0 Å². The number of carbonyl (C=O) groups excluding carboxylic acids is 1. The zero-order valence-corrected chi connectivity index (χ0v) is 16.7. The van der Waals surface area contributed by atoms with Gasteiger partial charge in [0.2, 0.25) is 0 Å². The molecule has 148 valence electrons. The van der Waals surface area contributed by atoms with Gasteiger partial charge in [-0.25, -0.2) is 0 Å². The predicted octanol–water partition coefficient (Wildman–Crippen LogP) is 3.00. The number of fused-ring (bicyclic) bond motifs is 1. The molecule has 3 heterocycles. The molecular formula is C21H26N4O3. The summed E-state index contributed by atoms with van der Waals surface area (Å²) in [7, 11) is 1.90. The fourth-order valence-corrected chi connectivity index (χ4v) is 3.69. The Balaban J connectivity index is 1.60. The van der Waals surface area contributed by atoms with Crippen LogP contribution in [0.15, 0.2) is 36.5 Å². The quantitative estimate of drug-likeness (QED) is 0.736. The number of aryl methyl sites for hydroxylation is 2. The molecule has 7 heteroatoms. The van der Waals surface area contributed by atoms with E-state index in [0.29, 0.717) is 25.3 Å². The molecule has 3 aromatic rings.